The zero-order chi connectivity index (χ0) is 22.2. The fraction of sp³-hybridized carbons (Fsp3) is 0.292. The second-order valence-corrected chi connectivity index (χ2v) is 8.38. The number of halogens is 1. The van der Waals surface area contributed by atoms with Gasteiger partial charge in [-0.15, -0.1) is 0 Å². The van der Waals surface area contributed by atoms with Crippen molar-refractivity contribution in [3.8, 4) is 23.6 Å². The fourth-order valence-electron chi connectivity index (χ4n) is 3.52. The maximum absolute atomic E-state index is 12.5. The molecule has 7 heteroatoms. The van der Waals surface area contributed by atoms with Gasteiger partial charge in [-0.2, -0.15) is 10.5 Å². The predicted octanol–water partition coefficient (Wildman–Crippen LogP) is 4.72. The molecule has 1 fully saturated rings. The number of rotatable bonds is 7. The van der Waals surface area contributed by atoms with Crippen LogP contribution in [-0.4, -0.2) is 19.1 Å². The molecular weight excluding hydrogens is 505 g/mol. The molecule has 1 N–H and O–H groups in total. The Hall–Kier alpha value is -3.04. The zero-order valence-corrected chi connectivity index (χ0v) is 19.3. The Morgan fingerprint density at radius 1 is 1.26 bits per heavy atom. The van der Waals surface area contributed by atoms with Crippen LogP contribution >= 0.6 is 22.6 Å². The first-order valence-corrected chi connectivity index (χ1v) is 11.0. The highest BCUT2D eigenvalue weighted by molar-refractivity contribution is 14.1. The number of hydrogen-bond acceptors (Lipinski definition) is 5. The molecule has 0 bridgehead atoms. The van der Waals surface area contributed by atoms with Crippen LogP contribution in [0, 0.1) is 26.2 Å². The van der Waals surface area contributed by atoms with Gasteiger partial charge in [-0.3, -0.25) is 4.79 Å². The van der Waals surface area contributed by atoms with Gasteiger partial charge in [-0.05, 0) is 65.3 Å². The molecule has 0 unspecified atom stereocenters. The number of nitrogens with one attached hydrogen (secondary N) is 1. The quantitative estimate of drug-likeness (QED) is 0.320. The molecule has 1 saturated carbocycles. The van der Waals surface area contributed by atoms with E-state index in [1.165, 1.54) is 7.11 Å². The van der Waals surface area contributed by atoms with Crippen LogP contribution in [0.2, 0.25) is 0 Å². The molecule has 0 saturated heterocycles. The van der Waals surface area contributed by atoms with Gasteiger partial charge in [0.25, 0.3) is 5.91 Å². The summed E-state index contributed by atoms with van der Waals surface area (Å²) in [5, 5.41) is 21.7. The maximum atomic E-state index is 12.5. The molecule has 0 aromatic heterocycles. The Balaban J connectivity index is 1.81. The van der Waals surface area contributed by atoms with Gasteiger partial charge in [0.15, 0.2) is 11.5 Å². The van der Waals surface area contributed by atoms with Gasteiger partial charge < -0.3 is 14.8 Å². The molecule has 0 heterocycles. The number of carbonyl (C=O) groups is 1. The highest BCUT2D eigenvalue weighted by atomic mass is 127. The molecule has 0 aliphatic heterocycles. The summed E-state index contributed by atoms with van der Waals surface area (Å²) in [5.74, 6) is 0.680. The Morgan fingerprint density at radius 2 is 2.00 bits per heavy atom. The number of benzene rings is 2. The minimum absolute atomic E-state index is 0.0568. The Kier molecular flexibility index (Phi) is 7.91. The van der Waals surface area contributed by atoms with Crippen molar-refractivity contribution in [1.82, 2.24) is 5.32 Å². The summed E-state index contributed by atoms with van der Waals surface area (Å²) >= 11 is 2.13. The van der Waals surface area contributed by atoms with E-state index in [2.05, 4.69) is 34.0 Å². The molecule has 31 heavy (non-hydrogen) atoms. The fourth-order valence-corrected chi connectivity index (χ4v) is 4.30. The summed E-state index contributed by atoms with van der Waals surface area (Å²) in [7, 11) is 1.53. The van der Waals surface area contributed by atoms with E-state index in [-0.39, 0.29) is 24.1 Å². The van der Waals surface area contributed by atoms with Crippen LogP contribution in [-0.2, 0) is 11.4 Å². The van der Waals surface area contributed by atoms with Gasteiger partial charge in [0.05, 0.1) is 22.3 Å². The van der Waals surface area contributed by atoms with E-state index in [1.54, 1.807) is 18.2 Å². The molecular formula is C24H22IN3O3. The smallest absolute Gasteiger partial charge is 0.262 e. The third-order valence-electron chi connectivity index (χ3n) is 5.13. The van der Waals surface area contributed by atoms with E-state index in [0.717, 1.165) is 34.8 Å². The number of ether oxygens (including phenoxy) is 2. The second-order valence-electron chi connectivity index (χ2n) is 7.22. The Bertz CT molecular complexity index is 1080. The summed E-state index contributed by atoms with van der Waals surface area (Å²) in [4.78, 5) is 12.5. The third-order valence-corrected chi connectivity index (χ3v) is 5.93. The number of nitriles is 2. The van der Waals surface area contributed by atoms with Crippen LogP contribution < -0.4 is 14.8 Å². The van der Waals surface area contributed by atoms with E-state index in [0.29, 0.717) is 22.6 Å². The van der Waals surface area contributed by atoms with Crippen molar-refractivity contribution in [3.05, 3.63) is 62.2 Å². The van der Waals surface area contributed by atoms with E-state index in [9.17, 15) is 15.3 Å². The van der Waals surface area contributed by atoms with Gasteiger partial charge in [0, 0.05) is 11.6 Å². The lowest BCUT2D eigenvalue weighted by Crippen LogP contribution is -2.33. The van der Waals surface area contributed by atoms with Gasteiger partial charge in [0.2, 0.25) is 0 Å². The van der Waals surface area contributed by atoms with E-state index in [1.807, 2.05) is 30.3 Å². The average molecular weight is 527 g/mol. The van der Waals surface area contributed by atoms with E-state index < -0.39 is 0 Å². The summed E-state index contributed by atoms with van der Waals surface area (Å²) < 4.78 is 12.2. The number of methoxy groups -OCH3 is 1. The Labute approximate surface area is 195 Å². The van der Waals surface area contributed by atoms with Gasteiger partial charge in [0.1, 0.15) is 18.2 Å². The summed E-state index contributed by atoms with van der Waals surface area (Å²) in [6, 6.07) is 15.1. The number of carbonyl (C=O) groups excluding carboxylic acids is 1. The minimum atomic E-state index is -0.350. The first-order chi connectivity index (χ1) is 15.0. The molecule has 2 aromatic carbocycles. The van der Waals surface area contributed by atoms with Crippen molar-refractivity contribution >= 4 is 34.6 Å². The molecule has 2 aromatic rings. The minimum Gasteiger partial charge on any atom is -0.493 e. The third kappa shape index (κ3) is 5.77. The lowest BCUT2D eigenvalue weighted by Gasteiger charge is -2.15. The van der Waals surface area contributed by atoms with E-state index in [4.69, 9.17) is 9.47 Å². The molecule has 1 aliphatic carbocycles. The van der Waals surface area contributed by atoms with Gasteiger partial charge in [-0.1, -0.05) is 31.0 Å². The first kappa shape index (κ1) is 22.6. The highest BCUT2D eigenvalue weighted by Crippen LogP contribution is 2.35. The number of nitrogens with zero attached hydrogens (tertiary/aromatic N) is 2. The summed E-state index contributed by atoms with van der Waals surface area (Å²) in [6.45, 7) is 0.221. The molecule has 158 valence electrons. The van der Waals surface area contributed by atoms with Crippen LogP contribution in [0.25, 0.3) is 6.08 Å². The standard InChI is InChI=1S/C24H22IN3O3/c1-30-22-12-16(10-19(14-27)24(29)28-20-8-4-5-9-20)11-21(25)23(22)31-15-18-7-3-2-6-17(18)13-26/h2-3,6-7,10-12,20H,4-5,8-9,15H2,1H3,(H,28,29)/b19-10-. The molecule has 0 radical (unpaired) electrons. The average Bonchev–Trinajstić information content (AvgIpc) is 3.29. The van der Waals surface area contributed by atoms with Crippen molar-refractivity contribution in [2.45, 2.75) is 38.3 Å². The lowest BCUT2D eigenvalue weighted by atomic mass is 10.1. The van der Waals surface area contributed by atoms with Crippen LogP contribution in [0.3, 0.4) is 0 Å². The number of amides is 1. The second kappa shape index (κ2) is 10.8. The van der Waals surface area contributed by atoms with Crippen molar-refractivity contribution in [1.29, 1.82) is 10.5 Å². The van der Waals surface area contributed by atoms with Crippen LogP contribution in [0.5, 0.6) is 11.5 Å². The van der Waals surface area contributed by atoms with E-state index >= 15 is 0 Å². The first-order valence-electron chi connectivity index (χ1n) is 9.96. The molecule has 1 amide bonds. The molecule has 0 atom stereocenters. The topological polar surface area (TPSA) is 95.1 Å². The SMILES string of the molecule is COc1cc(/C=C(/C#N)C(=O)NC2CCCC2)cc(I)c1OCc1ccccc1C#N. The summed E-state index contributed by atoms with van der Waals surface area (Å²) in [6.07, 6.45) is 5.68. The van der Waals surface area contributed by atoms with Crippen molar-refractivity contribution in [2.75, 3.05) is 7.11 Å². The predicted molar refractivity (Wildman–Crippen MR) is 125 cm³/mol. The van der Waals surface area contributed by atoms with Crippen molar-refractivity contribution in [3.63, 3.8) is 0 Å². The monoisotopic (exact) mass is 527 g/mol. The molecule has 3 rings (SSSR count). The number of hydrogen-bond donors (Lipinski definition) is 1. The van der Waals surface area contributed by atoms with Gasteiger partial charge >= 0.3 is 0 Å². The van der Waals surface area contributed by atoms with Gasteiger partial charge in [-0.25, -0.2) is 0 Å². The zero-order valence-electron chi connectivity index (χ0n) is 17.2. The largest absolute Gasteiger partial charge is 0.493 e. The van der Waals surface area contributed by atoms with Crippen molar-refractivity contribution in [2.24, 2.45) is 0 Å². The normalized spacial score (nSPS) is 13.9. The highest BCUT2D eigenvalue weighted by Gasteiger charge is 2.20. The molecule has 1 aliphatic rings. The van der Waals surface area contributed by atoms with Crippen molar-refractivity contribution < 1.29 is 14.3 Å². The lowest BCUT2D eigenvalue weighted by molar-refractivity contribution is -0.117. The molecule has 0 spiro atoms. The van der Waals surface area contributed by atoms with Crippen LogP contribution in [0.15, 0.2) is 42.0 Å². The molecule has 6 nitrogen and oxygen atoms in total. The summed E-state index contributed by atoms with van der Waals surface area (Å²) in [5.41, 5.74) is 2.07. The maximum Gasteiger partial charge on any atom is 0.262 e. The van der Waals surface area contributed by atoms with Crippen LogP contribution in [0.1, 0.15) is 42.4 Å². The Morgan fingerprint density at radius 3 is 2.68 bits per heavy atom. The van der Waals surface area contributed by atoms with Crippen LogP contribution in [0.4, 0.5) is 0 Å².